The molecule has 2 aromatic rings. The zero-order chi connectivity index (χ0) is 10.3. The van der Waals surface area contributed by atoms with Crippen molar-refractivity contribution in [2.45, 2.75) is 19.3 Å². The van der Waals surface area contributed by atoms with E-state index >= 15 is 0 Å². The Bertz CT molecular complexity index is 502. The number of aromatic nitrogens is 1. The Morgan fingerprint density at radius 2 is 2.07 bits per heavy atom. The van der Waals surface area contributed by atoms with Crippen LogP contribution in [0, 0.1) is 0 Å². The van der Waals surface area contributed by atoms with Crippen molar-refractivity contribution in [1.29, 1.82) is 0 Å². The Kier molecular flexibility index (Phi) is 1.99. The van der Waals surface area contributed by atoms with Crippen molar-refractivity contribution in [1.82, 2.24) is 4.98 Å². The molecule has 1 heterocycles. The summed E-state index contributed by atoms with van der Waals surface area (Å²) in [7, 11) is 0. The van der Waals surface area contributed by atoms with E-state index in [-0.39, 0.29) is 0 Å². The molecule has 15 heavy (non-hydrogen) atoms. The number of hydrogen-bond donors (Lipinski definition) is 1. The van der Waals surface area contributed by atoms with Crippen molar-refractivity contribution in [3.05, 3.63) is 35.5 Å². The third kappa shape index (κ3) is 1.53. The molecule has 76 valence electrons. The van der Waals surface area contributed by atoms with Crippen molar-refractivity contribution in [2.24, 2.45) is 0 Å². The van der Waals surface area contributed by atoms with Gasteiger partial charge in [0.2, 0.25) is 0 Å². The third-order valence-corrected chi connectivity index (χ3v) is 3.78. The molecule has 0 saturated heterocycles. The predicted octanol–water partition coefficient (Wildman–Crippen LogP) is 2.88. The van der Waals surface area contributed by atoms with Gasteiger partial charge < -0.3 is 5.73 Å². The number of hydrogen-bond acceptors (Lipinski definition) is 3. The quantitative estimate of drug-likeness (QED) is 0.796. The van der Waals surface area contributed by atoms with Crippen LogP contribution in [0.15, 0.2) is 24.4 Å². The molecule has 1 aromatic heterocycles. The van der Waals surface area contributed by atoms with Gasteiger partial charge in [0.05, 0.1) is 4.88 Å². The maximum atomic E-state index is 5.64. The second-order valence-electron chi connectivity index (χ2n) is 3.90. The molecule has 0 spiro atoms. The van der Waals surface area contributed by atoms with Crippen molar-refractivity contribution < 1.29 is 0 Å². The van der Waals surface area contributed by atoms with Crippen LogP contribution in [0.5, 0.6) is 0 Å². The topological polar surface area (TPSA) is 38.9 Å². The lowest BCUT2D eigenvalue weighted by Gasteiger charge is -2.01. The minimum Gasteiger partial charge on any atom is -0.375 e. The van der Waals surface area contributed by atoms with E-state index in [9.17, 15) is 0 Å². The summed E-state index contributed by atoms with van der Waals surface area (Å²) in [5, 5.41) is 0.644. The van der Waals surface area contributed by atoms with Crippen LogP contribution in [0.4, 0.5) is 5.13 Å². The van der Waals surface area contributed by atoms with E-state index in [1.165, 1.54) is 40.8 Å². The first-order valence-corrected chi connectivity index (χ1v) is 5.98. The number of rotatable bonds is 1. The standard InChI is InChI=1S/C12H12N2S/c13-12-14-7-11(15-12)10-5-4-8-2-1-3-9(8)6-10/h4-7H,1-3H2,(H2,13,14). The van der Waals surface area contributed by atoms with Gasteiger partial charge in [0.1, 0.15) is 0 Å². The van der Waals surface area contributed by atoms with Crippen molar-refractivity contribution >= 4 is 16.5 Å². The number of thiazole rings is 1. The molecule has 0 saturated carbocycles. The normalized spacial score (nSPS) is 14.1. The smallest absolute Gasteiger partial charge is 0.180 e. The van der Waals surface area contributed by atoms with Crippen LogP contribution >= 0.6 is 11.3 Å². The minimum atomic E-state index is 0.644. The first kappa shape index (κ1) is 8.92. The lowest BCUT2D eigenvalue weighted by molar-refractivity contribution is 0.912. The molecule has 0 atom stereocenters. The average Bonchev–Trinajstić information content (AvgIpc) is 2.84. The van der Waals surface area contributed by atoms with Gasteiger partial charge in [-0.05, 0) is 36.0 Å². The van der Waals surface area contributed by atoms with Gasteiger partial charge in [0, 0.05) is 6.20 Å². The van der Waals surface area contributed by atoms with E-state index in [4.69, 9.17) is 5.73 Å². The van der Waals surface area contributed by atoms with E-state index in [1.807, 2.05) is 6.20 Å². The fourth-order valence-corrected chi connectivity index (χ4v) is 2.83. The van der Waals surface area contributed by atoms with Gasteiger partial charge in [-0.25, -0.2) is 4.98 Å². The van der Waals surface area contributed by atoms with Gasteiger partial charge in [-0.2, -0.15) is 0 Å². The highest BCUT2D eigenvalue weighted by molar-refractivity contribution is 7.18. The first-order chi connectivity index (χ1) is 7.33. The molecular formula is C12H12N2S. The maximum Gasteiger partial charge on any atom is 0.180 e. The number of nitrogens with two attached hydrogens (primary N) is 1. The van der Waals surface area contributed by atoms with Crippen LogP contribution in [0.3, 0.4) is 0 Å². The molecule has 0 amide bonds. The molecule has 3 rings (SSSR count). The van der Waals surface area contributed by atoms with Crippen molar-refractivity contribution in [3.8, 4) is 10.4 Å². The van der Waals surface area contributed by atoms with Crippen LogP contribution in [0.2, 0.25) is 0 Å². The zero-order valence-electron chi connectivity index (χ0n) is 8.36. The summed E-state index contributed by atoms with van der Waals surface area (Å²) in [6.07, 6.45) is 5.61. The largest absolute Gasteiger partial charge is 0.375 e. The zero-order valence-corrected chi connectivity index (χ0v) is 9.18. The number of aryl methyl sites for hydroxylation is 2. The molecule has 1 aliphatic rings. The highest BCUT2D eigenvalue weighted by Crippen LogP contribution is 2.31. The van der Waals surface area contributed by atoms with Crippen LogP contribution < -0.4 is 5.73 Å². The summed E-state index contributed by atoms with van der Waals surface area (Å²) in [6.45, 7) is 0. The second-order valence-corrected chi connectivity index (χ2v) is 4.96. The summed E-state index contributed by atoms with van der Waals surface area (Å²) in [6, 6.07) is 6.71. The first-order valence-electron chi connectivity index (χ1n) is 5.16. The van der Waals surface area contributed by atoms with E-state index in [2.05, 4.69) is 23.2 Å². The number of nitrogen functional groups attached to an aromatic ring is 1. The molecule has 1 aliphatic carbocycles. The maximum absolute atomic E-state index is 5.64. The molecule has 2 N–H and O–H groups in total. The Balaban J connectivity index is 2.06. The molecule has 3 heteroatoms. The number of benzene rings is 1. The molecule has 0 aliphatic heterocycles. The summed E-state index contributed by atoms with van der Waals surface area (Å²) in [5.41, 5.74) is 9.90. The average molecular weight is 216 g/mol. The lowest BCUT2D eigenvalue weighted by Crippen LogP contribution is -1.82. The van der Waals surface area contributed by atoms with Gasteiger partial charge >= 0.3 is 0 Å². The van der Waals surface area contributed by atoms with Crippen LogP contribution in [0.25, 0.3) is 10.4 Å². The van der Waals surface area contributed by atoms with E-state index in [1.54, 1.807) is 11.3 Å². The highest BCUT2D eigenvalue weighted by atomic mass is 32.1. The number of fused-ring (bicyclic) bond motifs is 1. The monoisotopic (exact) mass is 216 g/mol. The van der Waals surface area contributed by atoms with Crippen LogP contribution in [-0.2, 0) is 12.8 Å². The number of nitrogens with zero attached hydrogens (tertiary/aromatic N) is 1. The SMILES string of the molecule is Nc1ncc(-c2ccc3c(c2)CCC3)s1. The molecule has 0 radical (unpaired) electrons. The molecule has 2 nitrogen and oxygen atoms in total. The molecule has 0 bridgehead atoms. The minimum absolute atomic E-state index is 0.644. The van der Waals surface area contributed by atoms with E-state index in [0.29, 0.717) is 5.13 Å². The van der Waals surface area contributed by atoms with Crippen LogP contribution in [0.1, 0.15) is 17.5 Å². The summed E-state index contributed by atoms with van der Waals surface area (Å²) >= 11 is 1.55. The molecular weight excluding hydrogens is 204 g/mol. The summed E-state index contributed by atoms with van der Waals surface area (Å²) in [4.78, 5) is 5.25. The van der Waals surface area contributed by atoms with Gasteiger partial charge in [-0.15, -0.1) is 0 Å². The van der Waals surface area contributed by atoms with Gasteiger partial charge in [-0.1, -0.05) is 29.5 Å². The molecule has 0 fully saturated rings. The summed E-state index contributed by atoms with van der Waals surface area (Å²) in [5.74, 6) is 0. The number of anilines is 1. The van der Waals surface area contributed by atoms with Crippen LogP contribution in [-0.4, -0.2) is 4.98 Å². The highest BCUT2D eigenvalue weighted by Gasteiger charge is 2.12. The Morgan fingerprint density at radius 1 is 1.20 bits per heavy atom. The van der Waals surface area contributed by atoms with E-state index in [0.717, 1.165) is 0 Å². The predicted molar refractivity (Wildman–Crippen MR) is 64.0 cm³/mol. The second kappa shape index (κ2) is 3.35. The van der Waals surface area contributed by atoms with Gasteiger partial charge in [-0.3, -0.25) is 0 Å². The van der Waals surface area contributed by atoms with Crippen molar-refractivity contribution in [2.75, 3.05) is 5.73 Å². The third-order valence-electron chi connectivity index (χ3n) is 2.91. The van der Waals surface area contributed by atoms with Crippen molar-refractivity contribution in [3.63, 3.8) is 0 Å². The summed E-state index contributed by atoms with van der Waals surface area (Å²) < 4.78 is 0. The Labute approximate surface area is 92.8 Å². The molecule has 0 unspecified atom stereocenters. The Hall–Kier alpha value is -1.35. The van der Waals surface area contributed by atoms with Gasteiger partial charge in [0.25, 0.3) is 0 Å². The Morgan fingerprint density at radius 3 is 2.87 bits per heavy atom. The lowest BCUT2D eigenvalue weighted by atomic mass is 10.1. The fourth-order valence-electron chi connectivity index (χ4n) is 2.15. The fraction of sp³-hybridized carbons (Fsp3) is 0.250. The van der Waals surface area contributed by atoms with E-state index < -0.39 is 0 Å². The molecule has 1 aromatic carbocycles. The van der Waals surface area contributed by atoms with Gasteiger partial charge in [0.15, 0.2) is 5.13 Å².